The Labute approximate surface area is 140 Å². The number of thiophene rings is 1. The Morgan fingerprint density at radius 2 is 1.91 bits per heavy atom. The van der Waals surface area contributed by atoms with Crippen LogP contribution in [0.2, 0.25) is 0 Å². The van der Waals surface area contributed by atoms with E-state index in [1.54, 1.807) is 6.92 Å². The lowest BCUT2D eigenvalue weighted by Gasteiger charge is -2.42. The highest BCUT2D eigenvalue weighted by molar-refractivity contribution is 7.16. The van der Waals surface area contributed by atoms with Crippen LogP contribution in [0.15, 0.2) is 0 Å². The lowest BCUT2D eigenvalue weighted by atomic mass is 10.0. The maximum atomic E-state index is 12.2. The van der Waals surface area contributed by atoms with Crippen molar-refractivity contribution in [1.82, 2.24) is 0 Å². The molecule has 2 rings (SSSR count). The number of carbonyl (C=O) groups excluding carboxylic acids is 1. The predicted molar refractivity (Wildman–Crippen MR) is 89.9 cm³/mol. The van der Waals surface area contributed by atoms with Crippen molar-refractivity contribution in [2.75, 3.05) is 25.4 Å². The smallest absolute Gasteiger partial charge is 0.462 e. The van der Waals surface area contributed by atoms with Crippen molar-refractivity contribution in [2.24, 2.45) is 0 Å². The molecule has 2 heterocycles. The van der Waals surface area contributed by atoms with E-state index in [-0.39, 0.29) is 4.48 Å². The van der Waals surface area contributed by atoms with Gasteiger partial charge in [0, 0.05) is 17.7 Å². The summed E-state index contributed by atoms with van der Waals surface area (Å²) in [5, 5.41) is 10.3. The van der Waals surface area contributed by atoms with Crippen molar-refractivity contribution in [2.45, 2.75) is 46.1 Å². The molecule has 0 aromatic carbocycles. The van der Waals surface area contributed by atoms with Crippen LogP contribution in [0.5, 0.6) is 0 Å². The number of nitrogens with zero attached hydrogens (tertiary/aromatic N) is 1. The zero-order valence-electron chi connectivity index (χ0n) is 14.1. The summed E-state index contributed by atoms with van der Waals surface area (Å²) in [6.07, 6.45) is 0.298. The summed E-state index contributed by atoms with van der Waals surface area (Å²) in [4.78, 5) is 25.2. The van der Waals surface area contributed by atoms with Gasteiger partial charge in [-0.1, -0.05) is 0 Å². The zero-order valence-corrected chi connectivity index (χ0v) is 15.0. The van der Waals surface area contributed by atoms with E-state index in [2.05, 4.69) is 0 Å². The first-order valence-corrected chi connectivity index (χ1v) is 8.63. The second-order valence-corrected chi connectivity index (χ2v) is 7.97. The van der Waals surface area contributed by atoms with Crippen LogP contribution < -0.4 is 5.73 Å². The standard InChI is InChI=1S/C16H24N2O4S/c1-5-22-14(19)12-10-6-8-18(15(20)21,16(2,3)4)9-7-11(10)23-13(12)17/h5-9H2,1-4H3,(H2-,17,19,20,21)/p+1. The van der Waals surface area contributed by atoms with Crippen LogP contribution in [0.1, 0.15) is 48.5 Å². The summed E-state index contributed by atoms with van der Waals surface area (Å²) in [6, 6.07) is 0. The van der Waals surface area contributed by atoms with Gasteiger partial charge in [0.25, 0.3) is 0 Å². The fourth-order valence-corrected chi connectivity index (χ4v) is 4.38. The monoisotopic (exact) mass is 341 g/mol. The van der Waals surface area contributed by atoms with Crippen LogP contribution in [0.25, 0.3) is 0 Å². The van der Waals surface area contributed by atoms with Gasteiger partial charge in [-0.15, -0.1) is 11.3 Å². The van der Waals surface area contributed by atoms with Crippen molar-refractivity contribution < 1.29 is 23.9 Å². The number of hydrogen-bond donors (Lipinski definition) is 2. The third kappa shape index (κ3) is 2.95. The van der Waals surface area contributed by atoms with E-state index in [9.17, 15) is 14.7 Å². The van der Waals surface area contributed by atoms with Gasteiger partial charge < -0.3 is 15.6 Å². The molecule has 1 amide bonds. The van der Waals surface area contributed by atoms with Crippen LogP contribution >= 0.6 is 11.3 Å². The summed E-state index contributed by atoms with van der Waals surface area (Å²) >= 11 is 1.38. The third-order valence-electron chi connectivity index (χ3n) is 4.71. The van der Waals surface area contributed by atoms with Gasteiger partial charge in [-0.2, -0.15) is 4.79 Å². The van der Waals surface area contributed by atoms with Crippen LogP contribution in [0, 0.1) is 0 Å². The van der Waals surface area contributed by atoms with E-state index in [0.29, 0.717) is 43.1 Å². The summed E-state index contributed by atoms with van der Waals surface area (Å²) in [5.41, 5.74) is 6.90. The molecule has 0 saturated heterocycles. The number of nitrogen functional groups attached to an aromatic ring is 1. The number of rotatable bonds is 2. The first-order valence-electron chi connectivity index (χ1n) is 7.82. The van der Waals surface area contributed by atoms with E-state index in [0.717, 1.165) is 10.4 Å². The van der Waals surface area contributed by atoms with Gasteiger partial charge in [0.05, 0.1) is 25.3 Å². The minimum atomic E-state index is -0.821. The molecule has 1 atom stereocenters. The topological polar surface area (TPSA) is 89.6 Å². The first kappa shape index (κ1) is 17.7. The average Bonchev–Trinajstić information content (AvgIpc) is 2.61. The molecule has 0 bridgehead atoms. The highest BCUT2D eigenvalue weighted by Crippen LogP contribution is 2.38. The molecular weight excluding hydrogens is 316 g/mol. The molecule has 7 heteroatoms. The molecule has 3 N–H and O–H groups in total. The van der Waals surface area contributed by atoms with Crippen LogP contribution in [-0.2, 0) is 17.6 Å². The molecule has 1 aliphatic rings. The number of carboxylic acid groups (broad SMARTS) is 1. The van der Waals surface area contributed by atoms with Crippen LogP contribution in [-0.4, -0.2) is 46.9 Å². The second kappa shape index (κ2) is 6.13. The molecule has 23 heavy (non-hydrogen) atoms. The lowest BCUT2D eigenvalue weighted by molar-refractivity contribution is -0.902. The normalized spacial score (nSPS) is 21.4. The molecule has 0 spiro atoms. The molecule has 0 aliphatic carbocycles. The molecule has 6 nitrogen and oxygen atoms in total. The van der Waals surface area contributed by atoms with Crippen molar-refractivity contribution in [3.63, 3.8) is 0 Å². The van der Waals surface area contributed by atoms with Crippen molar-refractivity contribution in [3.8, 4) is 0 Å². The number of esters is 1. The van der Waals surface area contributed by atoms with E-state index >= 15 is 0 Å². The second-order valence-electron chi connectivity index (χ2n) is 6.83. The number of hydrogen-bond acceptors (Lipinski definition) is 5. The molecular formula is C16H25N2O4S+. The zero-order chi connectivity index (χ0) is 17.4. The summed E-state index contributed by atoms with van der Waals surface area (Å²) in [6.45, 7) is 8.82. The average molecular weight is 341 g/mol. The minimum absolute atomic E-state index is 0.0173. The van der Waals surface area contributed by atoms with Crippen LogP contribution in [0.4, 0.5) is 9.80 Å². The Morgan fingerprint density at radius 3 is 2.43 bits per heavy atom. The van der Waals surface area contributed by atoms with Gasteiger partial charge in [-0.3, -0.25) is 0 Å². The maximum Gasteiger partial charge on any atom is 0.514 e. The highest BCUT2D eigenvalue weighted by atomic mass is 32.1. The van der Waals surface area contributed by atoms with Crippen molar-refractivity contribution >= 4 is 28.4 Å². The Balaban J connectivity index is 2.42. The van der Waals surface area contributed by atoms with Gasteiger partial charge in [-0.25, -0.2) is 9.28 Å². The number of fused-ring (bicyclic) bond motifs is 1. The Hall–Kier alpha value is -1.60. The number of amides is 1. The number of quaternary nitrogens is 1. The molecule has 0 radical (unpaired) electrons. The van der Waals surface area contributed by atoms with Crippen LogP contribution in [0.3, 0.4) is 0 Å². The molecule has 1 aliphatic heterocycles. The SMILES string of the molecule is CCOC(=O)c1c(N)sc2c1CC[N+](C(=O)O)(C(C)(C)C)CC2. The molecule has 1 aromatic heterocycles. The van der Waals surface area contributed by atoms with Gasteiger partial charge in [0.2, 0.25) is 0 Å². The number of carbonyl (C=O) groups is 2. The fraction of sp³-hybridized carbons (Fsp3) is 0.625. The van der Waals surface area contributed by atoms with Crippen molar-refractivity contribution in [1.29, 1.82) is 0 Å². The molecule has 0 saturated carbocycles. The molecule has 1 aromatic rings. The summed E-state index contributed by atoms with van der Waals surface area (Å²) in [5.74, 6) is -0.409. The maximum absolute atomic E-state index is 12.2. The Kier molecular flexibility index (Phi) is 4.73. The predicted octanol–water partition coefficient (Wildman–Crippen LogP) is 2.90. The summed E-state index contributed by atoms with van der Waals surface area (Å²) in [7, 11) is 0. The third-order valence-corrected chi connectivity index (χ3v) is 5.83. The highest BCUT2D eigenvalue weighted by Gasteiger charge is 2.49. The number of ether oxygens (including phenoxy) is 1. The molecule has 0 fully saturated rings. The minimum Gasteiger partial charge on any atom is -0.462 e. The van der Waals surface area contributed by atoms with Gasteiger partial charge >= 0.3 is 12.1 Å². The Morgan fingerprint density at radius 1 is 1.30 bits per heavy atom. The van der Waals surface area contributed by atoms with Crippen molar-refractivity contribution in [3.05, 3.63) is 16.0 Å². The largest absolute Gasteiger partial charge is 0.514 e. The van der Waals surface area contributed by atoms with E-state index in [4.69, 9.17) is 10.5 Å². The number of nitrogens with two attached hydrogens (primary N) is 1. The quantitative estimate of drug-likeness (QED) is 0.638. The first-order chi connectivity index (χ1) is 10.6. The molecule has 1 unspecified atom stereocenters. The van der Waals surface area contributed by atoms with E-state index in [1.807, 2.05) is 20.8 Å². The van der Waals surface area contributed by atoms with E-state index in [1.165, 1.54) is 11.3 Å². The van der Waals surface area contributed by atoms with E-state index < -0.39 is 17.6 Å². The summed E-state index contributed by atoms with van der Waals surface area (Å²) < 4.78 is 5.09. The number of anilines is 1. The lowest BCUT2D eigenvalue weighted by Crippen LogP contribution is -2.64. The van der Waals surface area contributed by atoms with Gasteiger partial charge in [0.15, 0.2) is 0 Å². The van der Waals surface area contributed by atoms with Gasteiger partial charge in [-0.05, 0) is 33.3 Å². The van der Waals surface area contributed by atoms with Gasteiger partial charge in [0.1, 0.15) is 10.5 Å². The molecule has 128 valence electrons. The fourth-order valence-electron chi connectivity index (χ4n) is 3.28. The Bertz CT molecular complexity index is 633.